The Labute approximate surface area is 63.9 Å². The fourth-order valence-electron chi connectivity index (χ4n) is 1.21. The number of para-hydroxylation sites is 1. The summed E-state index contributed by atoms with van der Waals surface area (Å²) in [7, 11) is 0. The number of hydrogen-bond acceptors (Lipinski definition) is 3. The normalized spacial score (nSPS) is 21.0. The van der Waals surface area contributed by atoms with Crippen LogP contribution in [0.5, 0.6) is 11.5 Å². The van der Waals surface area contributed by atoms with Crippen LogP contribution in [0.25, 0.3) is 0 Å². The van der Waals surface area contributed by atoms with Crippen molar-refractivity contribution in [3.05, 3.63) is 23.8 Å². The van der Waals surface area contributed by atoms with E-state index in [2.05, 4.69) is 0 Å². The molecule has 0 radical (unpaired) electrons. The number of phenolic OH excluding ortho intramolecular Hbond substituents is 1. The average molecular weight is 152 g/mol. The molecule has 0 spiro atoms. The summed E-state index contributed by atoms with van der Waals surface area (Å²) in [6, 6.07) is 4.97. The molecule has 1 atom stereocenters. The lowest BCUT2D eigenvalue weighted by Gasteiger charge is -1.99. The van der Waals surface area contributed by atoms with Gasteiger partial charge >= 0.3 is 0 Å². The van der Waals surface area contributed by atoms with Crippen molar-refractivity contribution in [3.63, 3.8) is 0 Å². The molecule has 0 fully saturated rings. The standard InChI is InChI=1S/C8H8O3/c9-6-3-1-2-5-7(10)4-11-8(5)6/h1-3,7,9-10H,4H2. The highest BCUT2D eigenvalue weighted by atomic mass is 16.5. The molecule has 0 saturated heterocycles. The molecule has 3 nitrogen and oxygen atoms in total. The fourth-order valence-corrected chi connectivity index (χ4v) is 1.21. The van der Waals surface area contributed by atoms with Crippen LogP contribution in [0, 0.1) is 0 Å². The monoisotopic (exact) mass is 152 g/mol. The second kappa shape index (κ2) is 2.13. The van der Waals surface area contributed by atoms with E-state index in [-0.39, 0.29) is 12.4 Å². The maximum Gasteiger partial charge on any atom is 0.166 e. The minimum Gasteiger partial charge on any atom is -0.504 e. The molecule has 0 aromatic heterocycles. The smallest absolute Gasteiger partial charge is 0.166 e. The van der Waals surface area contributed by atoms with Crippen molar-refractivity contribution < 1.29 is 14.9 Å². The number of rotatable bonds is 0. The molecule has 0 amide bonds. The number of hydrogen-bond donors (Lipinski definition) is 2. The first-order valence-electron chi connectivity index (χ1n) is 3.42. The molecule has 0 saturated carbocycles. The number of ether oxygens (including phenoxy) is 1. The summed E-state index contributed by atoms with van der Waals surface area (Å²) in [5.74, 6) is 0.513. The van der Waals surface area contributed by atoms with Crippen LogP contribution in [0.1, 0.15) is 11.7 Å². The number of phenols is 1. The third-order valence-corrected chi connectivity index (χ3v) is 1.77. The number of aliphatic hydroxyl groups excluding tert-OH is 1. The highest BCUT2D eigenvalue weighted by molar-refractivity contribution is 5.48. The molecule has 3 heteroatoms. The largest absolute Gasteiger partial charge is 0.504 e. The van der Waals surface area contributed by atoms with Gasteiger partial charge < -0.3 is 14.9 Å². The lowest BCUT2D eigenvalue weighted by atomic mass is 10.1. The van der Waals surface area contributed by atoms with Gasteiger partial charge in [-0.15, -0.1) is 0 Å². The lowest BCUT2D eigenvalue weighted by molar-refractivity contribution is 0.140. The van der Waals surface area contributed by atoms with Gasteiger partial charge in [-0.25, -0.2) is 0 Å². The molecular weight excluding hydrogens is 144 g/mol. The fraction of sp³-hybridized carbons (Fsp3) is 0.250. The van der Waals surface area contributed by atoms with Gasteiger partial charge in [0.15, 0.2) is 11.5 Å². The maximum absolute atomic E-state index is 9.27. The van der Waals surface area contributed by atoms with E-state index < -0.39 is 6.10 Å². The molecule has 2 rings (SSSR count). The lowest BCUT2D eigenvalue weighted by Crippen LogP contribution is -1.97. The second-order valence-corrected chi connectivity index (χ2v) is 2.52. The molecule has 1 aliphatic heterocycles. The zero-order chi connectivity index (χ0) is 7.84. The zero-order valence-corrected chi connectivity index (χ0v) is 5.82. The third-order valence-electron chi connectivity index (χ3n) is 1.77. The van der Waals surface area contributed by atoms with E-state index in [1.165, 1.54) is 6.07 Å². The molecule has 11 heavy (non-hydrogen) atoms. The van der Waals surface area contributed by atoms with Gasteiger partial charge in [0.1, 0.15) is 12.7 Å². The summed E-state index contributed by atoms with van der Waals surface area (Å²) in [6.45, 7) is 0.243. The minimum absolute atomic E-state index is 0.0963. The molecule has 0 bridgehead atoms. The van der Waals surface area contributed by atoms with Crippen molar-refractivity contribution in [1.29, 1.82) is 0 Å². The Morgan fingerprint density at radius 1 is 1.45 bits per heavy atom. The van der Waals surface area contributed by atoms with Crippen LogP contribution >= 0.6 is 0 Å². The van der Waals surface area contributed by atoms with Gasteiger partial charge in [-0.3, -0.25) is 0 Å². The third kappa shape index (κ3) is 0.851. The first kappa shape index (κ1) is 6.49. The van der Waals surface area contributed by atoms with E-state index in [9.17, 15) is 10.2 Å². The Bertz CT molecular complexity index is 283. The average Bonchev–Trinajstić information content (AvgIpc) is 2.35. The van der Waals surface area contributed by atoms with E-state index in [0.717, 1.165) is 0 Å². The summed E-state index contributed by atoms with van der Waals surface area (Å²) in [6.07, 6.45) is -0.586. The van der Waals surface area contributed by atoms with E-state index >= 15 is 0 Å². The van der Waals surface area contributed by atoms with Gasteiger partial charge in [0, 0.05) is 5.56 Å². The van der Waals surface area contributed by atoms with Crippen LogP contribution in [0.3, 0.4) is 0 Å². The van der Waals surface area contributed by atoms with Crippen LogP contribution in [-0.2, 0) is 0 Å². The second-order valence-electron chi connectivity index (χ2n) is 2.52. The van der Waals surface area contributed by atoms with Crippen molar-refractivity contribution in [2.45, 2.75) is 6.10 Å². The van der Waals surface area contributed by atoms with Crippen LogP contribution in [0.4, 0.5) is 0 Å². The van der Waals surface area contributed by atoms with Crippen molar-refractivity contribution in [2.75, 3.05) is 6.61 Å². The van der Waals surface area contributed by atoms with Crippen LogP contribution in [0.15, 0.2) is 18.2 Å². The molecule has 58 valence electrons. The Hall–Kier alpha value is -1.22. The van der Waals surface area contributed by atoms with Gasteiger partial charge in [0.25, 0.3) is 0 Å². The first-order chi connectivity index (χ1) is 5.29. The molecule has 1 aliphatic rings. The SMILES string of the molecule is Oc1cccc2c1OCC2O. The highest BCUT2D eigenvalue weighted by Crippen LogP contribution is 2.38. The molecule has 1 heterocycles. The van der Waals surface area contributed by atoms with Gasteiger partial charge in [-0.05, 0) is 6.07 Å². The predicted molar refractivity (Wildman–Crippen MR) is 38.6 cm³/mol. The van der Waals surface area contributed by atoms with Crippen molar-refractivity contribution in [1.82, 2.24) is 0 Å². The molecule has 1 unspecified atom stereocenters. The van der Waals surface area contributed by atoms with Crippen molar-refractivity contribution in [3.8, 4) is 11.5 Å². The van der Waals surface area contributed by atoms with Gasteiger partial charge in [-0.2, -0.15) is 0 Å². The van der Waals surface area contributed by atoms with Crippen molar-refractivity contribution >= 4 is 0 Å². The highest BCUT2D eigenvalue weighted by Gasteiger charge is 2.23. The molecule has 1 aromatic rings. The topological polar surface area (TPSA) is 49.7 Å². The Kier molecular flexibility index (Phi) is 1.26. The molecule has 1 aromatic carbocycles. The van der Waals surface area contributed by atoms with Crippen LogP contribution in [-0.4, -0.2) is 16.8 Å². The summed E-state index contributed by atoms with van der Waals surface area (Å²) in [5.41, 5.74) is 0.671. The summed E-state index contributed by atoms with van der Waals surface area (Å²) >= 11 is 0. The number of fused-ring (bicyclic) bond motifs is 1. The summed E-state index contributed by atoms with van der Waals surface area (Å²) in [5, 5.41) is 18.5. The summed E-state index contributed by atoms with van der Waals surface area (Å²) < 4.78 is 5.04. The van der Waals surface area contributed by atoms with E-state index in [1.807, 2.05) is 0 Å². The maximum atomic E-state index is 9.27. The first-order valence-corrected chi connectivity index (χ1v) is 3.42. The Balaban J connectivity index is 2.57. The van der Waals surface area contributed by atoms with E-state index in [0.29, 0.717) is 11.3 Å². The van der Waals surface area contributed by atoms with Crippen molar-refractivity contribution in [2.24, 2.45) is 0 Å². The minimum atomic E-state index is -0.586. The molecule has 2 N–H and O–H groups in total. The summed E-state index contributed by atoms with van der Waals surface area (Å²) in [4.78, 5) is 0. The number of aliphatic hydroxyl groups is 1. The van der Waals surface area contributed by atoms with Crippen LogP contribution in [0.2, 0.25) is 0 Å². The van der Waals surface area contributed by atoms with Gasteiger partial charge in [0.2, 0.25) is 0 Å². The number of benzene rings is 1. The van der Waals surface area contributed by atoms with Gasteiger partial charge in [0.05, 0.1) is 0 Å². The zero-order valence-electron chi connectivity index (χ0n) is 5.82. The number of aromatic hydroxyl groups is 1. The van der Waals surface area contributed by atoms with E-state index in [4.69, 9.17) is 4.74 Å². The molecule has 0 aliphatic carbocycles. The quantitative estimate of drug-likeness (QED) is 0.578. The van der Waals surface area contributed by atoms with Crippen LogP contribution < -0.4 is 4.74 Å². The Morgan fingerprint density at radius 3 is 3.00 bits per heavy atom. The van der Waals surface area contributed by atoms with E-state index in [1.54, 1.807) is 12.1 Å². The predicted octanol–water partition coefficient (Wildman–Crippen LogP) is 0.818. The molecular formula is C8H8O3. The Morgan fingerprint density at radius 2 is 2.27 bits per heavy atom. The van der Waals surface area contributed by atoms with Gasteiger partial charge in [-0.1, -0.05) is 12.1 Å².